The Morgan fingerprint density at radius 2 is 2.30 bits per heavy atom. The first-order valence-corrected chi connectivity index (χ1v) is 9.41. The molecule has 0 aliphatic carbocycles. The standard InChI is InChI=1S/C20H25N5O2/c1-14-5-6-17-16(12-14)18(23-22-17)20(26)25-8-3-4-15(13-25)19-21-7-9-24(19)10-11-27-2/h5-7,9,12,15H,3-4,8,10-11,13H2,1-2H3,(H,22,23). The van der Waals surface area contributed by atoms with Crippen LogP contribution in [0.15, 0.2) is 30.6 Å². The highest BCUT2D eigenvalue weighted by atomic mass is 16.5. The number of fused-ring (bicyclic) bond motifs is 1. The molecule has 0 spiro atoms. The number of likely N-dealkylation sites (tertiary alicyclic amines) is 1. The summed E-state index contributed by atoms with van der Waals surface area (Å²) in [4.78, 5) is 19.6. The number of piperidine rings is 1. The van der Waals surface area contributed by atoms with E-state index in [9.17, 15) is 4.79 Å². The first-order valence-electron chi connectivity index (χ1n) is 9.41. The minimum Gasteiger partial charge on any atom is -0.383 e. The Morgan fingerprint density at radius 1 is 1.41 bits per heavy atom. The molecule has 0 bridgehead atoms. The maximum Gasteiger partial charge on any atom is 0.275 e. The fourth-order valence-corrected chi connectivity index (χ4v) is 3.87. The largest absolute Gasteiger partial charge is 0.383 e. The molecule has 7 heteroatoms. The van der Waals surface area contributed by atoms with E-state index in [0.717, 1.165) is 48.2 Å². The molecule has 3 aromatic rings. The van der Waals surface area contributed by atoms with Crippen LogP contribution in [-0.4, -0.2) is 57.4 Å². The summed E-state index contributed by atoms with van der Waals surface area (Å²) in [7, 11) is 1.70. The molecular formula is C20H25N5O2. The molecule has 1 unspecified atom stereocenters. The van der Waals surface area contributed by atoms with E-state index in [2.05, 4.69) is 19.7 Å². The number of aryl methyl sites for hydroxylation is 1. The summed E-state index contributed by atoms with van der Waals surface area (Å²) in [6.07, 6.45) is 5.82. The van der Waals surface area contributed by atoms with E-state index in [1.807, 2.05) is 42.4 Å². The molecule has 7 nitrogen and oxygen atoms in total. The Labute approximate surface area is 158 Å². The molecule has 27 heavy (non-hydrogen) atoms. The van der Waals surface area contributed by atoms with Crippen molar-refractivity contribution in [2.75, 3.05) is 26.8 Å². The summed E-state index contributed by atoms with van der Waals surface area (Å²) in [5, 5.41) is 8.17. The summed E-state index contributed by atoms with van der Waals surface area (Å²) in [5.74, 6) is 1.26. The lowest BCUT2D eigenvalue weighted by molar-refractivity contribution is 0.0698. The second-order valence-corrected chi connectivity index (χ2v) is 7.18. The monoisotopic (exact) mass is 367 g/mol. The van der Waals surface area contributed by atoms with Gasteiger partial charge in [-0.05, 0) is 31.9 Å². The van der Waals surface area contributed by atoms with Gasteiger partial charge in [-0.15, -0.1) is 0 Å². The topological polar surface area (TPSA) is 76.0 Å². The zero-order valence-corrected chi connectivity index (χ0v) is 15.8. The highest BCUT2D eigenvalue weighted by molar-refractivity contribution is 6.04. The SMILES string of the molecule is COCCn1ccnc1C1CCCN(C(=O)c2n[nH]c3ccc(C)cc23)C1. The first-order chi connectivity index (χ1) is 13.2. The van der Waals surface area contributed by atoms with Gasteiger partial charge in [0.2, 0.25) is 0 Å². The second-order valence-electron chi connectivity index (χ2n) is 7.18. The first kappa shape index (κ1) is 17.7. The number of aromatic nitrogens is 4. The fourth-order valence-electron chi connectivity index (χ4n) is 3.87. The fraction of sp³-hybridized carbons (Fsp3) is 0.450. The van der Waals surface area contributed by atoms with Crippen LogP contribution in [0.3, 0.4) is 0 Å². The van der Waals surface area contributed by atoms with E-state index in [0.29, 0.717) is 18.8 Å². The van der Waals surface area contributed by atoms with Crippen LogP contribution in [0.2, 0.25) is 0 Å². The van der Waals surface area contributed by atoms with E-state index in [4.69, 9.17) is 4.74 Å². The third-order valence-corrected chi connectivity index (χ3v) is 5.28. The summed E-state index contributed by atoms with van der Waals surface area (Å²) in [5.41, 5.74) is 2.53. The molecule has 0 saturated carbocycles. The van der Waals surface area contributed by atoms with Crippen molar-refractivity contribution < 1.29 is 9.53 Å². The van der Waals surface area contributed by atoms with E-state index in [-0.39, 0.29) is 11.8 Å². The van der Waals surface area contributed by atoms with Gasteiger partial charge in [-0.3, -0.25) is 9.89 Å². The van der Waals surface area contributed by atoms with Gasteiger partial charge in [0.25, 0.3) is 5.91 Å². The molecule has 1 aliphatic rings. The number of nitrogens with zero attached hydrogens (tertiary/aromatic N) is 4. The van der Waals surface area contributed by atoms with Crippen LogP contribution < -0.4 is 0 Å². The van der Waals surface area contributed by atoms with Gasteiger partial charge in [0.05, 0.1) is 12.1 Å². The Kier molecular flexibility index (Phi) is 4.94. The van der Waals surface area contributed by atoms with Crippen molar-refractivity contribution in [1.82, 2.24) is 24.6 Å². The van der Waals surface area contributed by atoms with Gasteiger partial charge in [0, 0.05) is 50.4 Å². The van der Waals surface area contributed by atoms with Crippen LogP contribution in [0.4, 0.5) is 0 Å². The van der Waals surface area contributed by atoms with E-state index >= 15 is 0 Å². The number of ether oxygens (including phenoxy) is 1. The summed E-state index contributed by atoms with van der Waals surface area (Å²) in [6.45, 7) is 4.88. The van der Waals surface area contributed by atoms with Crippen LogP contribution in [0, 0.1) is 6.92 Å². The molecule has 1 fully saturated rings. The van der Waals surface area contributed by atoms with Gasteiger partial charge in [0.15, 0.2) is 5.69 Å². The minimum absolute atomic E-state index is 0.00783. The van der Waals surface area contributed by atoms with E-state index < -0.39 is 0 Å². The molecular weight excluding hydrogens is 342 g/mol. The summed E-state index contributed by atoms with van der Waals surface area (Å²) in [6, 6.07) is 6.01. The van der Waals surface area contributed by atoms with Crippen LogP contribution in [0.1, 0.15) is 40.6 Å². The zero-order chi connectivity index (χ0) is 18.8. The van der Waals surface area contributed by atoms with Crippen LogP contribution in [0.5, 0.6) is 0 Å². The number of methoxy groups -OCH3 is 1. The molecule has 2 aromatic heterocycles. The molecule has 1 aromatic carbocycles. The van der Waals surface area contributed by atoms with Crippen molar-refractivity contribution in [1.29, 1.82) is 0 Å². The minimum atomic E-state index is -0.00783. The number of aromatic amines is 1. The molecule has 3 heterocycles. The average molecular weight is 367 g/mol. The Bertz CT molecular complexity index is 945. The van der Waals surface area contributed by atoms with Crippen LogP contribution in [0.25, 0.3) is 10.9 Å². The molecule has 1 aliphatic heterocycles. The van der Waals surface area contributed by atoms with E-state index in [1.54, 1.807) is 7.11 Å². The van der Waals surface area contributed by atoms with Crippen molar-refractivity contribution in [3.63, 3.8) is 0 Å². The van der Waals surface area contributed by atoms with Crippen molar-refractivity contribution in [3.8, 4) is 0 Å². The molecule has 4 rings (SSSR count). The summed E-state index contributed by atoms with van der Waals surface area (Å²) >= 11 is 0. The smallest absolute Gasteiger partial charge is 0.275 e. The van der Waals surface area contributed by atoms with Crippen LogP contribution >= 0.6 is 0 Å². The van der Waals surface area contributed by atoms with Gasteiger partial charge in [-0.1, -0.05) is 11.6 Å². The molecule has 1 amide bonds. The Balaban J connectivity index is 1.55. The number of benzene rings is 1. The van der Waals surface area contributed by atoms with Gasteiger partial charge >= 0.3 is 0 Å². The zero-order valence-electron chi connectivity index (χ0n) is 15.8. The van der Waals surface area contributed by atoms with Crippen molar-refractivity contribution in [3.05, 3.63) is 47.7 Å². The average Bonchev–Trinajstić information content (AvgIpc) is 3.32. The van der Waals surface area contributed by atoms with Gasteiger partial charge in [-0.2, -0.15) is 5.10 Å². The molecule has 0 radical (unpaired) electrons. The normalized spacial score (nSPS) is 17.6. The molecule has 1 N–H and O–H groups in total. The third-order valence-electron chi connectivity index (χ3n) is 5.28. The number of hydrogen-bond acceptors (Lipinski definition) is 4. The lowest BCUT2D eigenvalue weighted by Crippen LogP contribution is -2.40. The molecule has 1 saturated heterocycles. The quantitative estimate of drug-likeness (QED) is 0.752. The lowest BCUT2D eigenvalue weighted by atomic mass is 9.96. The van der Waals surface area contributed by atoms with Crippen molar-refractivity contribution in [2.45, 2.75) is 32.2 Å². The lowest BCUT2D eigenvalue weighted by Gasteiger charge is -2.32. The summed E-state index contributed by atoms with van der Waals surface area (Å²) < 4.78 is 7.33. The van der Waals surface area contributed by atoms with Crippen molar-refractivity contribution >= 4 is 16.8 Å². The number of nitrogens with one attached hydrogen (secondary N) is 1. The number of amides is 1. The molecule has 142 valence electrons. The highest BCUT2D eigenvalue weighted by Gasteiger charge is 2.29. The number of rotatable bonds is 5. The number of hydrogen-bond donors (Lipinski definition) is 1. The van der Waals surface area contributed by atoms with Gasteiger partial charge in [-0.25, -0.2) is 4.98 Å². The van der Waals surface area contributed by atoms with Crippen molar-refractivity contribution in [2.24, 2.45) is 0 Å². The van der Waals surface area contributed by atoms with Gasteiger partial charge in [0.1, 0.15) is 5.82 Å². The number of imidazole rings is 1. The maximum absolute atomic E-state index is 13.2. The number of carbonyl (C=O) groups excluding carboxylic acids is 1. The Morgan fingerprint density at radius 3 is 3.15 bits per heavy atom. The number of H-pyrrole nitrogens is 1. The Hall–Kier alpha value is -2.67. The predicted molar refractivity (Wildman–Crippen MR) is 103 cm³/mol. The second kappa shape index (κ2) is 7.52. The number of carbonyl (C=O) groups is 1. The molecule has 1 atom stereocenters. The van der Waals surface area contributed by atoms with Gasteiger partial charge < -0.3 is 14.2 Å². The van der Waals surface area contributed by atoms with E-state index in [1.165, 1.54) is 0 Å². The maximum atomic E-state index is 13.2. The van der Waals surface area contributed by atoms with Crippen LogP contribution in [-0.2, 0) is 11.3 Å². The third kappa shape index (κ3) is 3.47. The predicted octanol–water partition coefficient (Wildman–Crippen LogP) is 2.73. The highest BCUT2D eigenvalue weighted by Crippen LogP contribution is 2.28.